The molecule has 0 aromatic heterocycles. The molecule has 1 aromatic rings. The van der Waals surface area contributed by atoms with Gasteiger partial charge in [0.05, 0.1) is 25.7 Å². The second kappa shape index (κ2) is 10.1. The third-order valence-corrected chi connectivity index (χ3v) is 3.82. The smallest absolute Gasteiger partial charge is 0.307 e. The van der Waals surface area contributed by atoms with Gasteiger partial charge in [0.2, 0.25) is 5.91 Å². The number of benzene rings is 1. The van der Waals surface area contributed by atoms with E-state index in [-0.39, 0.29) is 30.8 Å². The number of carbonyl (C=O) groups is 2. The van der Waals surface area contributed by atoms with Gasteiger partial charge in [0, 0.05) is 18.3 Å². The molecule has 7 nitrogen and oxygen atoms in total. The van der Waals surface area contributed by atoms with Crippen LogP contribution in [0.4, 0.5) is 5.69 Å². The number of ether oxygens (including phenoxy) is 2. The number of nitrogens with one attached hydrogen (secondary N) is 1. The van der Waals surface area contributed by atoms with Gasteiger partial charge in [-0.3, -0.25) is 14.5 Å². The molecule has 1 amide bonds. The van der Waals surface area contributed by atoms with Crippen molar-refractivity contribution in [1.29, 1.82) is 0 Å². The van der Waals surface area contributed by atoms with E-state index in [2.05, 4.69) is 5.32 Å². The number of rotatable bonds is 8. The Bertz CT molecular complexity index is 596. The van der Waals surface area contributed by atoms with Gasteiger partial charge in [-0.2, -0.15) is 0 Å². The first-order valence-electron chi connectivity index (χ1n) is 8.18. The minimum absolute atomic E-state index is 0. The molecule has 1 saturated heterocycles. The van der Waals surface area contributed by atoms with Crippen molar-refractivity contribution in [3.8, 4) is 11.5 Å². The number of amides is 1. The normalized spacial score (nSPS) is 16.8. The highest BCUT2D eigenvalue weighted by Crippen LogP contribution is 2.30. The SMILES string of the molecule is CCOc1ccc(NC(=O)CN2CCC(C(=O)O)C2)cc1OCC.Cl. The highest BCUT2D eigenvalue weighted by molar-refractivity contribution is 5.92. The summed E-state index contributed by atoms with van der Waals surface area (Å²) >= 11 is 0. The number of nitrogens with zero attached hydrogens (tertiary/aromatic N) is 1. The molecule has 1 aliphatic heterocycles. The first kappa shape index (κ1) is 21.1. The number of hydrogen-bond donors (Lipinski definition) is 2. The Morgan fingerprint density at radius 1 is 1.24 bits per heavy atom. The average molecular weight is 373 g/mol. The lowest BCUT2D eigenvalue weighted by atomic mass is 10.1. The van der Waals surface area contributed by atoms with Crippen LogP contribution in [0.25, 0.3) is 0 Å². The Labute approximate surface area is 153 Å². The summed E-state index contributed by atoms with van der Waals surface area (Å²) in [6.07, 6.45) is 0.583. The Hall–Kier alpha value is -1.99. The van der Waals surface area contributed by atoms with E-state index < -0.39 is 5.97 Å². The van der Waals surface area contributed by atoms with Crippen LogP contribution >= 0.6 is 12.4 Å². The van der Waals surface area contributed by atoms with Crippen LogP contribution in [0.3, 0.4) is 0 Å². The lowest BCUT2D eigenvalue weighted by Crippen LogP contribution is -2.32. The third-order valence-electron chi connectivity index (χ3n) is 3.82. The number of anilines is 1. The molecular weight excluding hydrogens is 348 g/mol. The topological polar surface area (TPSA) is 88.1 Å². The second-order valence-corrected chi connectivity index (χ2v) is 5.63. The predicted octanol–water partition coefficient (Wildman–Crippen LogP) is 2.25. The largest absolute Gasteiger partial charge is 0.490 e. The van der Waals surface area contributed by atoms with E-state index in [0.29, 0.717) is 49.9 Å². The number of carboxylic acid groups (broad SMARTS) is 1. The van der Waals surface area contributed by atoms with E-state index in [9.17, 15) is 9.59 Å². The van der Waals surface area contributed by atoms with Crippen LogP contribution < -0.4 is 14.8 Å². The number of halogens is 1. The monoisotopic (exact) mass is 372 g/mol. The lowest BCUT2D eigenvalue weighted by molar-refractivity contribution is -0.141. The fourth-order valence-electron chi connectivity index (χ4n) is 2.71. The number of aliphatic carboxylic acids is 1. The van der Waals surface area contributed by atoms with Crippen molar-refractivity contribution in [2.24, 2.45) is 5.92 Å². The Morgan fingerprint density at radius 3 is 2.52 bits per heavy atom. The van der Waals surface area contributed by atoms with Gasteiger partial charge < -0.3 is 19.9 Å². The summed E-state index contributed by atoms with van der Waals surface area (Å²) in [4.78, 5) is 25.0. The zero-order valence-electron chi connectivity index (χ0n) is 14.5. The molecule has 2 rings (SSSR count). The summed E-state index contributed by atoms with van der Waals surface area (Å²) < 4.78 is 11.0. The molecule has 0 spiro atoms. The fourth-order valence-corrected chi connectivity index (χ4v) is 2.71. The molecule has 0 radical (unpaired) electrons. The van der Waals surface area contributed by atoms with Crippen molar-refractivity contribution in [2.75, 3.05) is 38.2 Å². The maximum absolute atomic E-state index is 12.2. The molecule has 25 heavy (non-hydrogen) atoms. The van der Waals surface area contributed by atoms with E-state index >= 15 is 0 Å². The van der Waals surface area contributed by atoms with Gasteiger partial charge in [0.15, 0.2) is 11.5 Å². The average Bonchev–Trinajstić information content (AvgIpc) is 2.99. The van der Waals surface area contributed by atoms with Crippen LogP contribution in [0.15, 0.2) is 18.2 Å². The fraction of sp³-hybridized carbons (Fsp3) is 0.529. The first-order chi connectivity index (χ1) is 11.5. The van der Waals surface area contributed by atoms with E-state index in [1.807, 2.05) is 18.7 Å². The summed E-state index contributed by atoms with van der Waals surface area (Å²) in [5.41, 5.74) is 0.626. The number of carbonyl (C=O) groups excluding carboxylic acids is 1. The van der Waals surface area contributed by atoms with Gasteiger partial charge >= 0.3 is 5.97 Å². The van der Waals surface area contributed by atoms with Crippen LogP contribution in [0, 0.1) is 5.92 Å². The van der Waals surface area contributed by atoms with Crippen molar-refractivity contribution < 1.29 is 24.2 Å². The van der Waals surface area contributed by atoms with E-state index in [1.165, 1.54) is 0 Å². The van der Waals surface area contributed by atoms with Gasteiger partial charge in [-0.15, -0.1) is 12.4 Å². The van der Waals surface area contributed by atoms with Gasteiger partial charge in [-0.25, -0.2) is 0 Å². The van der Waals surface area contributed by atoms with Crippen LogP contribution in [-0.2, 0) is 9.59 Å². The zero-order chi connectivity index (χ0) is 17.5. The van der Waals surface area contributed by atoms with Crippen LogP contribution in [0.2, 0.25) is 0 Å². The number of likely N-dealkylation sites (tertiary alicyclic amines) is 1. The highest BCUT2D eigenvalue weighted by Gasteiger charge is 2.28. The summed E-state index contributed by atoms with van der Waals surface area (Å²) in [5, 5.41) is 11.8. The molecule has 1 unspecified atom stereocenters. The molecule has 1 aromatic carbocycles. The molecule has 140 valence electrons. The molecular formula is C17H25ClN2O5. The highest BCUT2D eigenvalue weighted by atomic mass is 35.5. The van der Waals surface area contributed by atoms with Gasteiger partial charge in [-0.1, -0.05) is 0 Å². The van der Waals surface area contributed by atoms with Crippen molar-refractivity contribution in [3.63, 3.8) is 0 Å². The minimum atomic E-state index is -0.800. The van der Waals surface area contributed by atoms with Crippen molar-refractivity contribution >= 4 is 30.0 Å². The van der Waals surface area contributed by atoms with Crippen molar-refractivity contribution in [2.45, 2.75) is 20.3 Å². The summed E-state index contributed by atoms with van der Waals surface area (Å²) in [7, 11) is 0. The van der Waals surface area contributed by atoms with Gasteiger partial charge in [-0.05, 0) is 38.9 Å². The summed E-state index contributed by atoms with van der Waals surface area (Å²) in [6, 6.07) is 5.26. The van der Waals surface area contributed by atoms with Gasteiger partial charge in [0.1, 0.15) is 0 Å². The quantitative estimate of drug-likeness (QED) is 0.727. The summed E-state index contributed by atoms with van der Waals surface area (Å²) in [6.45, 7) is 6.03. The second-order valence-electron chi connectivity index (χ2n) is 5.63. The van der Waals surface area contributed by atoms with E-state index in [0.717, 1.165) is 0 Å². The molecule has 0 bridgehead atoms. The lowest BCUT2D eigenvalue weighted by Gasteiger charge is -2.16. The standard InChI is InChI=1S/C17H24N2O5.ClH/c1-3-23-14-6-5-13(9-15(14)24-4-2)18-16(20)11-19-8-7-12(10-19)17(21)22;/h5-6,9,12H,3-4,7-8,10-11H2,1-2H3,(H,18,20)(H,21,22);1H. The maximum atomic E-state index is 12.2. The molecule has 2 N–H and O–H groups in total. The molecule has 1 fully saturated rings. The zero-order valence-corrected chi connectivity index (χ0v) is 15.3. The number of carboxylic acids is 1. The van der Waals surface area contributed by atoms with E-state index in [1.54, 1.807) is 18.2 Å². The Balaban J connectivity index is 0.00000312. The number of hydrogen-bond acceptors (Lipinski definition) is 5. The predicted molar refractivity (Wildman–Crippen MR) is 96.8 cm³/mol. The van der Waals surface area contributed by atoms with E-state index in [4.69, 9.17) is 14.6 Å². The van der Waals surface area contributed by atoms with Crippen LogP contribution in [-0.4, -0.2) is 54.7 Å². The summed E-state index contributed by atoms with van der Waals surface area (Å²) in [5.74, 6) is -0.128. The molecule has 8 heteroatoms. The molecule has 1 atom stereocenters. The molecule has 1 aliphatic rings. The molecule has 0 saturated carbocycles. The minimum Gasteiger partial charge on any atom is -0.490 e. The van der Waals surface area contributed by atoms with Crippen LogP contribution in [0.5, 0.6) is 11.5 Å². The Morgan fingerprint density at radius 2 is 1.92 bits per heavy atom. The van der Waals surface area contributed by atoms with Crippen LogP contribution in [0.1, 0.15) is 20.3 Å². The Kier molecular flexibility index (Phi) is 8.51. The van der Waals surface area contributed by atoms with Crippen molar-refractivity contribution in [3.05, 3.63) is 18.2 Å². The molecule has 0 aliphatic carbocycles. The van der Waals surface area contributed by atoms with Gasteiger partial charge in [0.25, 0.3) is 0 Å². The first-order valence-corrected chi connectivity index (χ1v) is 8.18. The van der Waals surface area contributed by atoms with Crippen molar-refractivity contribution in [1.82, 2.24) is 4.90 Å². The maximum Gasteiger partial charge on any atom is 0.307 e. The molecule has 1 heterocycles. The third kappa shape index (κ3) is 6.10.